The van der Waals surface area contributed by atoms with Crippen LogP contribution in [0.15, 0.2) is 72.8 Å². The second kappa shape index (κ2) is 8.36. The van der Waals surface area contributed by atoms with E-state index in [1.807, 2.05) is 0 Å². The molecule has 3 nitrogen and oxygen atoms in total. The van der Waals surface area contributed by atoms with Crippen molar-refractivity contribution in [2.24, 2.45) is 5.92 Å². The lowest BCUT2D eigenvalue weighted by Gasteiger charge is -2.44. The quantitative estimate of drug-likeness (QED) is 0.586. The average Bonchev–Trinajstić information content (AvgIpc) is 2.74. The number of hydrogen-bond acceptors (Lipinski definition) is 3. The first kappa shape index (κ1) is 20.2. The van der Waals surface area contributed by atoms with Crippen LogP contribution in [0.3, 0.4) is 0 Å². The van der Waals surface area contributed by atoms with Crippen molar-refractivity contribution in [3.63, 3.8) is 0 Å². The van der Waals surface area contributed by atoms with Gasteiger partial charge in [-0.1, -0.05) is 36.4 Å². The molecule has 1 unspecified atom stereocenters. The maximum absolute atomic E-state index is 13.3. The molecule has 0 aliphatic heterocycles. The van der Waals surface area contributed by atoms with E-state index in [-0.39, 0.29) is 40.9 Å². The van der Waals surface area contributed by atoms with Crippen molar-refractivity contribution in [3.05, 3.63) is 101 Å². The number of aromatic hydroxyl groups is 1. The minimum Gasteiger partial charge on any atom is -0.508 e. The molecule has 1 aliphatic rings. The Hall–Kier alpha value is -3.05. The lowest BCUT2D eigenvalue weighted by Crippen LogP contribution is -2.44. The van der Waals surface area contributed by atoms with Gasteiger partial charge in [-0.05, 0) is 65.9 Å². The Morgan fingerprint density at radius 3 is 1.93 bits per heavy atom. The molecule has 30 heavy (non-hydrogen) atoms. The Bertz CT molecular complexity index is 1010. The third-order valence-electron chi connectivity index (χ3n) is 5.98. The van der Waals surface area contributed by atoms with Crippen LogP contribution in [-0.4, -0.2) is 16.0 Å². The standard InChI is InChI=1S/C25H22F2O3/c26-18-7-1-15(2-8-18)22(29)14-13-21-23(16-5-11-20(28)12-6-16)24(25(21)30)17-3-9-19(27)10-4-17/h1-12,21-24,28-29H,13-14H2/t21-,22+,23-,24?/m1/s1. The minimum atomic E-state index is -0.788. The molecule has 0 aromatic heterocycles. The van der Waals surface area contributed by atoms with Crippen LogP contribution in [-0.2, 0) is 4.79 Å². The Morgan fingerprint density at radius 2 is 1.33 bits per heavy atom. The monoisotopic (exact) mass is 408 g/mol. The fourth-order valence-corrected chi connectivity index (χ4v) is 4.37. The van der Waals surface area contributed by atoms with Crippen LogP contribution in [0, 0.1) is 17.6 Å². The zero-order valence-corrected chi connectivity index (χ0v) is 16.2. The normalized spacial score (nSPS) is 21.8. The van der Waals surface area contributed by atoms with Gasteiger partial charge in [0.05, 0.1) is 12.0 Å². The number of phenols is 1. The summed E-state index contributed by atoms with van der Waals surface area (Å²) in [6, 6.07) is 18.4. The summed E-state index contributed by atoms with van der Waals surface area (Å²) in [5.41, 5.74) is 2.29. The van der Waals surface area contributed by atoms with Crippen molar-refractivity contribution in [2.75, 3.05) is 0 Å². The summed E-state index contributed by atoms with van der Waals surface area (Å²) in [7, 11) is 0. The molecule has 3 aromatic rings. The molecule has 0 bridgehead atoms. The summed E-state index contributed by atoms with van der Waals surface area (Å²) in [6.07, 6.45) is 0.0524. The van der Waals surface area contributed by atoms with E-state index in [4.69, 9.17) is 0 Å². The molecule has 154 valence electrons. The van der Waals surface area contributed by atoms with Crippen LogP contribution in [0.4, 0.5) is 8.78 Å². The third-order valence-corrected chi connectivity index (χ3v) is 5.98. The predicted octanol–water partition coefficient (Wildman–Crippen LogP) is 5.25. The van der Waals surface area contributed by atoms with Gasteiger partial charge in [-0.3, -0.25) is 4.79 Å². The number of halogens is 2. The molecule has 0 spiro atoms. The lowest BCUT2D eigenvalue weighted by molar-refractivity contribution is -0.134. The van der Waals surface area contributed by atoms with Gasteiger partial charge in [0.25, 0.3) is 0 Å². The van der Waals surface area contributed by atoms with Crippen LogP contribution in [0.1, 0.15) is 47.5 Å². The van der Waals surface area contributed by atoms with Gasteiger partial charge in [0.1, 0.15) is 23.2 Å². The van der Waals surface area contributed by atoms with E-state index < -0.39 is 6.10 Å². The van der Waals surface area contributed by atoms with Gasteiger partial charge in [-0.2, -0.15) is 0 Å². The van der Waals surface area contributed by atoms with E-state index in [1.54, 1.807) is 48.5 Å². The van der Waals surface area contributed by atoms with Crippen LogP contribution in [0.25, 0.3) is 0 Å². The first-order chi connectivity index (χ1) is 14.4. The Balaban J connectivity index is 1.55. The number of aliphatic hydroxyl groups is 1. The molecule has 2 N–H and O–H groups in total. The number of carbonyl (C=O) groups excluding carboxylic acids is 1. The first-order valence-corrected chi connectivity index (χ1v) is 9.95. The first-order valence-electron chi connectivity index (χ1n) is 9.95. The summed E-state index contributed by atoms with van der Waals surface area (Å²) >= 11 is 0. The van der Waals surface area contributed by atoms with E-state index in [9.17, 15) is 23.8 Å². The van der Waals surface area contributed by atoms with Gasteiger partial charge in [-0.25, -0.2) is 8.78 Å². The molecule has 1 saturated carbocycles. The number of aliphatic hydroxyl groups excluding tert-OH is 1. The number of ketones is 1. The SMILES string of the molecule is O=C1C(c2ccc(F)cc2)[C@H](c2ccc(O)cc2)[C@H]1CC[C@H](O)c1ccc(F)cc1. The molecule has 0 heterocycles. The van der Waals surface area contributed by atoms with Gasteiger partial charge in [0.2, 0.25) is 0 Å². The zero-order valence-electron chi connectivity index (χ0n) is 16.2. The highest BCUT2D eigenvalue weighted by atomic mass is 19.1. The average molecular weight is 408 g/mol. The molecule has 1 fully saturated rings. The van der Waals surface area contributed by atoms with E-state index in [0.29, 0.717) is 18.4 Å². The molecule has 0 amide bonds. The topological polar surface area (TPSA) is 57.5 Å². The maximum Gasteiger partial charge on any atom is 0.144 e. The lowest BCUT2D eigenvalue weighted by atomic mass is 9.57. The fraction of sp³-hybridized carbons (Fsp3) is 0.240. The highest BCUT2D eigenvalue weighted by Crippen LogP contribution is 2.53. The summed E-state index contributed by atoms with van der Waals surface area (Å²) < 4.78 is 26.5. The van der Waals surface area contributed by atoms with Gasteiger partial charge < -0.3 is 10.2 Å². The zero-order chi connectivity index (χ0) is 21.3. The van der Waals surface area contributed by atoms with Crippen LogP contribution >= 0.6 is 0 Å². The number of hydrogen-bond donors (Lipinski definition) is 2. The maximum atomic E-state index is 13.3. The number of rotatable bonds is 6. The Morgan fingerprint density at radius 1 is 0.800 bits per heavy atom. The Kier molecular flexibility index (Phi) is 5.64. The molecule has 4 atom stereocenters. The van der Waals surface area contributed by atoms with Crippen molar-refractivity contribution >= 4 is 5.78 Å². The Labute approximate surface area is 173 Å². The van der Waals surface area contributed by atoms with Gasteiger partial charge in [0, 0.05) is 11.8 Å². The molecule has 0 saturated heterocycles. The highest BCUT2D eigenvalue weighted by Gasteiger charge is 2.50. The molecule has 1 aliphatic carbocycles. The van der Waals surface area contributed by atoms with Crippen LogP contribution < -0.4 is 0 Å². The largest absolute Gasteiger partial charge is 0.508 e. The van der Waals surface area contributed by atoms with E-state index in [0.717, 1.165) is 11.1 Å². The highest BCUT2D eigenvalue weighted by molar-refractivity contribution is 5.96. The number of phenolic OH excluding ortho intramolecular Hbond substituents is 1. The molecule has 0 radical (unpaired) electrons. The molecule has 4 rings (SSSR count). The third kappa shape index (κ3) is 3.98. The second-order valence-corrected chi connectivity index (χ2v) is 7.80. The number of benzene rings is 3. The minimum absolute atomic E-state index is 0.0611. The van der Waals surface area contributed by atoms with E-state index in [1.165, 1.54) is 24.3 Å². The van der Waals surface area contributed by atoms with Gasteiger partial charge in [0.15, 0.2) is 0 Å². The van der Waals surface area contributed by atoms with Crippen LogP contribution in [0.2, 0.25) is 0 Å². The van der Waals surface area contributed by atoms with Crippen molar-refractivity contribution in [3.8, 4) is 5.75 Å². The van der Waals surface area contributed by atoms with Crippen molar-refractivity contribution < 1.29 is 23.8 Å². The van der Waals surface area contributed by atoms with Gasteiger partial charge >= 0.3 is 0 Å². The van der Waals surface area contributed by atoms with Crippen molar-refractivity contribution in [1.29, 1.82) is 0 Å². The smallest absolute Gasteiger partial charge is 0.144 e. The van der Waals surface area contributed by atoms with Crippen molar-refractivity contribution in [1.82, 2.24) is 0 Å². The predicted molar refractivity (Wildman–Crippen MR) is 109 cm³/mol. The van der Waals surface area contributed by atoms with Crippen molar-refractivity contribution in [2.45, 2.75) is 30.8 Å². The van der Waals surface area contributed by atoms with Crippen LogP contribution in [0.5, 0.6) is 5.75 Å². The number of Topliss-reactive ketones (excluding diaryl/α,β-unsaturated/α-hetero) is 1. The molecule has 3 aromatic carbocycles. The summed E-state index contributed by atoms with van der Waals surface area (Å²) in [5.74, 6) is -1.32. The van der Waals surface area contributed by atoms with Gasteiger partial charge in [-0.15, -0.1) is 0 Å². The number of carbonyl (C=O) groups is 1. The second-order valence-electron chi connectivity index (χ2n) is 7.80. The summed E-state index contributed by atoms with van der Waals surface area (Å²) in [5, 5.41) is 20.1. The molecule has 5 heteroatoms. The fourth-order valence-electron chi connectivity index (χ4n) is 4.37. The van der Waals surface area contributed by atoms with E-state index >= 15 is 0 Å². The summed E-state index contributed by atoms with van der Waals surface area (Å²) in [4.78, 5) is 13.0. The molecular weight excluding hydrogens is 386 g/mol. The van der Waals surface area contributed by atoms with E-state index in [2.05, 4.69) is 0 Å². The molecular formula is C25H22F2O3. The summed E-state index contributed by atoms with van der Waals surface area (Å²) in [6.45, 7) is 0.